The van der Waals surface area contributed by atoms with Gasteiger partial charge in [-0.1, -0.05) is 0 Å². The summed E-state index contributed by atoms with van der Waals surface area (Å²) in [5, 5.41) is 13.9. The van der Waals surface area contributed by atoms with E-state index in [1.165, 1.54) is 0 Å². The average molecular weight is 290 g/mol. The summed E-state index contributed by atoms with van der Waals surface area (Å²) < 4.78 is 0. The highest BCUT2D eigenvalue weighted by molar-refractivity contribution is 7.11. The molecule has 1 fully saturated rings. The molecule has 0 aromatic carbocycles. The number of hydrogen-bond acceptors (Lipinski definition) is 7. The largest absolute Gasteiger partial charge is 0.367 e. The molecular weight excluding hydrogens is 272 g/mol. The molecule has 106 valence electrons. The zero-order valence-corrected chi connectivity index (χ0v) is 12.3. The predicted molar refractivity (Wildman–Crippen MR) is 78.6 cm³/mol. The van der Waals surface area contributed by atoms with Crippen molar-refractivity contribution in [3.05, 3.63) is 28.6 Å². The Bertz CT molecular complexity index is 535. The van der Waals surface area contributed by atoms with Crippen molar-refractivity contribution >= 4 is 17.2 Å². The fraction of sp³-hybridized carbons (Fsp3) is 0.538. The van der Waals surface area contributed by atoms with E-state index in [0.29, 0.717) is 6.04 Å². The third kappa shape index (κ3) is 3.49. The normalized spacial score (nSPS) is 17.2. The number of hydrogen-bond donors (Lipinski definition) is 1. The van der Waals surface area contributed by atoms with Gasteiger partial charge in [0, 0.05) is 25.3 Å². The first-order valence-electron chi connectivity index (χ1n) is 6.83. The van der Waals surface area contributed by atoms with E-state index in [4.69, 9.17) is 0 Å². The molecule has 3 heterocycles. The fourth-order valence-electron chi connectivity index (χ4n) is 2.41. The molecule has 0 spiro atoms. The number of nitrogens with one attached hydrogen (secondary N) is 1. The van der Waals surface area contributed by atoms with Gasteiger partial charge in [-0.15, -0.1) is 21.5 Å². The molecule has 0 bridgehead atoms. The maximum absolute atomic E-state index is 4.21. The third-order valence-electron chi connectivity index (χ3n) is 3.45. The van der Waals surface area contributed by atoms with E-state index in [-0.39, 0.29) is 0 Å². The van der Waals surface area contributed by atoms with Crippen molar-refractivity contribution in [3.8, 4) is 0 Å². The molecule has 0 saturated carbocycles. The molecule has 3 rings (SSSR count). The Balaban J connectivity index is 1.47. The molecule has 0 atom stereocenters. The summed E-state index contributed by atoms with van der Waals surface area (Å²) in [7, 11) is 0. The van der Waals surface area contributed by atoms with Gasteiger partial charge in [-0.3, -0.25) is 4.90 Å². The number of aromatic nitrogens is 4. The Labute approximate surface area is 122 Å². The van der Waals surface area contributed by atoms with Crippen LogP contribution < -0.4 is 5.32 Å². The molecule has 1 N–H and O–H groups in total. The fourth-order valence-corrected chi connectivity index (χ4v) is 3.16. The lowest BCUT2D eigenvalue weighted by Gasteiger charge is -2.31. The number of rotatable bonds is 4. The zero-order chi connectivity index (χ0) is 13.8. The highest BCUT2D eigenvalue weighted by Gasteiger charge is 2.20. The van der Waals surface area contributed by atoms with Crippen molar-refractivity contribution in [1.29, 1.82) is 0 Å². The van der Waals surface area contributed by atoms with Crippen LogP contribution in [0.25, 0.3) is 0 Å². The molecule has 0 amide bonds. The maximum atomic E-state index is 4.21. The van der Waals surface area contributed by atoms with Crippen LogP contribution >= 0.6 is 11.3 Å². The van der Waals surface area contributed by atoms with Crippen molar-refractivity contribution in [2.75, 3.05) is 18.4 Å². The second-order valence-electron chi connectivity index (χ2n) is 5.00. The first-order valence-corrected chi connectivity index (χ1v) is 7.65. The minimum atomic E-state index is 0.498. The van der Waals surface area contributed by atoms with Gasteiger partial charge in [0.15, 0.2) is 0 Å². The van der Waals surface area contributed by atoms with Gasteiger partial charge in [0.2, 0.25) is 0 Å². The number of anilines is 1. The Morgan fingerprint density at radius 1 is 1.35 bits per heavy atom. The minimum Gasteiger partial charge on any atom is -0.367 e. The van der Waals surface area contributed by atoms with Gasteiger partial charge in [0.25, 0.3) is 0 Å². The van der Waals surface area contributed by atoms with Gasteiger partial charge < -0.3 is 5.32 Å². The van der Waals surface area contributed by atoms with Crippen LogP contribution in [0.2, 0.25) is 0 Å². The van der Waals surface area contributed by atoms with E-state index in [1.54, 1.807) is 23.9 Å². The van der Waals surface area contributed by atoms with Crippen LogP contribution in [-0.4, -0.2) is 44.2 Å². The summed E-state index contributed by atoms with van der Waals surface area (Å²) in [6.07, 6.45) is 5.60. The number of nitrogens with zero attached hydrogens (tertiary/aromatic N) is 5. The van der Waals surface area contributed by atoms with E-state index in [0.717, 1.165) is 48.3 Å². The van der Waals surface area contributed by atoms with E-state index in [1.807, 2.05) is 13.0 Å². The summed E-state index contributed by atoms with van der Waals surface area (Å²) in [5.41, 5.74) is 0. The summed E-state index contributed by atoms with van der Waals surface area (Å²) in [6, 6.07) is 2.41. The maximum Gasteiger partial charge on any atom is 0.131 e. The number of aryl methyl sites for hydroxylation is 1. The van der Waals surface area contributed by atoms with Crippen LogP contribution in [-0.2, 0) is 6.54 Å². The standard InChI is InChI=1S/C13H18N6S/c1-10-17-18-13(20-10)8-19-6-3-11(4-7-19)16-12-2-5-14-9-15-12/h2,5,9,11H,3-4,6-8H2,1H3,(H,14,15,16). The summed E-state index contributed by atoms with van der Waals surface area (Å²) in [5.74, 6) is 0.915. The molecule has 2 aromatic rings. The van der Waals surface area contributed by atoms with Gasteiger partial charge in [0.1, 0.15) is 22.2 Å². The molecule has 7 heteroatoms. The topological polar surface area (TPSA) is 66.8 Å². The second-order valence-corrected chi connectivity index (χ2v) is 6.27. The monoisotopic (exact) mass is 290 g/mol. The first kappa shape index (κ1) is 13.4. The summed E-state index contributed by atoms with van der Waals surface area (Å²) in [6.45, 7) is 5.09. The zero-order valence-electron chi connectivity index (χ0n) is 11.5. The van der Waals surface area contributed by atoms with Crippen molar-refractivity contribution in [1.82, 2.24) is 25.1 Å². The molecule has 6 nitrogen and oxygen atoms in total. The second kappa shape index (κ2) is 6.23. The Hall–Kier alpha value is -1.60. The molecule has 2 aromatic heterocycles. The van der Waals surface area contributed by atoms with Crippen molar-refractivity contribution in [2.24, 2.45) is 0 Å². The van der Waals surface area contributed by atoms with Crippen LogP contribution in [0, 0.1) is 6.92 Å². The van der Waals surface area contributed by atoms with Gasteiger partial charge in [-0.05, 0) is 25.8 Å². The van der Waals surface area contributed by atoms with Crippen LogP contribution in [0.5, 0.6) is 0 Å². The van der Waals surface area contributed by atoms with Crippen molar-refractivity contribution < 1.29 is 0 Å². The van der Waals surface area contributed by atoms with E-state index < -0.39 is 0 Å². The Kier molecular flexibility index (Phi) is 4.17. The third-order valence-corrected chi connectivity index (χ3v) is 4.27. The number of likely N-dealkylation sites (tertiary alicyclic amines) is 1. The minimum absolute atomic E-state index is 0.498. The Morgan fingerprint density at radius 2 is 2.20 bits per heavy atom. The average Bonchev–Trinajstić information content (AvgIpc) is 2.88. The molecule has 1 aliphatic heterocycles. The lowest BCUT2D eigenvalue weighted by atomic mass is 10.1. The predicted octanol–water partition coefficient (Wildman–Crippen LogP) is 1.71. The molecule has 20 heavy (non-hydrogen) atoms. The summed E-state index contributed by atoms with van der Waals surface area (Å²) >= 11 is 1.69. The molecular formula is C13H18N6S. The van der Waals surface area contributed by atoms with Crippen LogP contribution in [0.1, 0.15) is 22.9 Å². The van der Waals surface area contributed by atoms with E-state index in [9.17, 15) is 0 Å². The highest BCUT2D eigenvalue weighted by atomic mass is 32.1. The SMILES string of the molecule is Cc1nnc(CN2CCC(Nc3ccncn3)CC2)s1. The van der Waals surface area contributed by atoms with Crippen molar-refractivity contribution in [3.63, 3.8) is 0 Å². The lowest BCUT2D eigenvalue weighted by molar-refractivity contribution is 0.210. The van der Waals surface area contributed by atoms with Crippen molar-refractivity contribution in [2.45, 2.75) is 32.4 Å². The number of piperidine rings is 1. The van der Waals surface area contributed by atoms with Gasteiger partial charge in [0.05, 0.1) is 6.54 Å². The molecule has 0 aliphatic carbocycles. The lowest BCUT2D eigenvalue weighted by Crippen LogP contribution is -2.38. The Morgan fingerprint density at radius 3 is 2.85 bits per heavy atom. The highest BCUT2D eigenvalue weighted by Crippen LogP contribution is 2.18. The summed E-state index contributed by atoms with van der Waals surface area (Å²) in [4.78, 5) is 10.6. The smallest absolute Gasteiger partial charge is 0.131 e. The first-order chi connectivity index (χ1) is 9.79. The molecule has 1 saturated heterocycles. The van der Waals surface area contributed by atoms with E-state index >= 15 is 0 Å². The molecule has 0 radical (unpaired) electrons. The van der Waals surface area contributed by atoms with Gasteiger partial charge in [-0.25, -0.2) is 9.97 Å². The van der Waals surface area contributed by atoms with Crippen LogP contribution in [0.3, 0.4) is 0 Å². The van der Waals surface area contributed by atoms with Gasteiger partial charge in [-0.2, -0.15) is 0 Å². The molecule has 1 aliphatic rings. The quantitative estimate of drug-likeness (QED) is 0.924. The van der Waals surface area contributed by atoms with E-state index in [2.05, 4.69) is 30.4 Å². The van der Waals surface area contributed by atoms with Gasteiger partial charge >= 0.3 is 0 Å². The van der Waals surface area contributed by atoms with Crippen LogP contribution in [0.4, 0.5) is 5.82 Å². The van der Waals surface area contributed by atoms with Crippen LogP contribution in [0.15, 0.2) is 18.6 Å². The molecule has 0 unspecified atom stereocenters.